The summed E-state index contributed by atoms with van der Waals surface area (Å²) in [4.78, 5) is 11.1. The third-order valence-electron chi connectivity index (χ3n) is 2.43. The summed E-state index contributed by atoms with van der Waals surface area (Å²) in [7, 11) is 0. The normalized spacial score (nSPS) is 16.2. The number of carboxylic acid groups (broad SMARTS) is 1. The Balaban J connectivity index is 2.86. The molecule has 0 radical (unpaired) electrons. The molecular formula is C12H15BrO4. The largest absolute Gasteiger partial charge is 0.479 e. The van der Waals surface area contributed by atoms with E-state index in [-0.39, 0.29) is 0 Å². The molecule has 3 atom stereocenters. The molecule has 4 nitrogen and oxygen atoms in total. The van der Waals surface area contributed by atoms with Crippen LogP contribution >= 0.6 is 15.9 Å². The van der Waals surface area contributed by atoms with Crippen molar-refractivity contribution >= 4 is 21.9 Å². The van der Waals surface area contributed by atoms with E-state index in [1.807, 2.05) is 0 Å². The van der Waals surface area contributed by atoms with E-state index in [2.05, 4.69) is 15.9 Å². The summed E-state index contributed by atoms with van der Waals surface area (Å²) >= 11 is 3.28. The van der Waals surface area contributed by atoms with Crippen molar-refractivity contribution in [2.75, 3.05) is 0 Å². The van der Waals surface area contributed by atoms with Gasteiger partial charge in [0.2, 0.25) is 0 Å². The molecule has 0 amide bonds. The first-order valence-corrected chi connectivity index (χ1v) is 6.03. The fourth-order valence-corrected chi connectivity index (χ4v) is 1.51. The molecule has 1 aromatic carbocycles. The molecule has 0 fully saturated rings. The van der Waals surface area contributed by atoms with Crippen molar-refractivity contribution in [3.63, 3.8) is 0 Å². The Kier molecular flexibility index (Phi) is 5.11. The number of rotatable bonds is 5. The summed E-state index contributed by atoms with van der Waals surface area (Å²) in [5.41, 5.74) is 0.549. The molecule has 5 heteroatoms. The maximum absolute atomic E-state index is 11.1. The Morgan fingerprint density at radius 1 is 1.29 bits per heavy atom. The van der Waals surface area contributed by atoms with E-state index in [0.29, 0.717) is 5.56 Å². The average molecular weight is 303 g/mol. The zero-order chi connectivity index (χ0) is 13.0. The van der Waals surface area contributed by atoms with Gasteiger partial charge in [-0.05, 0) is 31.5 Å². The number of ether oxygens (including phenoxy) is 1. The molecule has 0 aliphatic heterocycles. The van der Waals surface area contributed by atoms with Gasteiger partial charge < -0.3 is 14.9 Å². The average Bonchev–Trinajstić information content (AvgIpc) is 2.26. The molecule has 0 bridgehead atoms. The molecule has 17 heavy (non-hydrogen) atoms. The summed E-state index contributed by atoms with van der Waals surface area (Å²) in [5.74, 6) is -1.07. The Hall–Kier alpha value is -0.910. The van der Waals surface area contributed by atoms with Gasteiger partial charge in [-0.3, -0.25) is 0 Å². The third-order valence-corrected chi connectivity index (χ3v) is 2.96. The van der Waals surface area contributed by atoms with E-state index < -0.39 is 24.3 Å². The second-order valence-electron chi connectivity index (χ2n) is 3.85. The summed E-state index contributed by atoms with van der Waals surface area (Å²) in [6.45, 7) is 3.20. The van der Waals surface area contributed by atoms with Gasteiger partial charge in [-0.15, -0.1) is 0 Å². The highest BCUT2D eigenvalue weighted by Crippen LogP contribution is 2.22. The molecule has 0 heterocycles. The van der Waals surface area contributed by atoms with Crippen molar-refractivity contribution in [1.82, 2.24) is 0 Å². The third kappa shape index (κ3) is 4.11. The lowest BCUT2D eigenvalue weighted by molar-refractivity contribution is -0.158. The quantitative estimate of drug-likeness (QED) is 0.876. The van der Waals surface area contributed by atoms with Crippen molar-refractivity contribution in [1.29, 1.82) is 0 Å². The van der Waals surface area contributed by atoms with E-state index in [4.69, 9.17) is 9.84 Å². The second kappa shape index (κ2) is 6.14. The first kappa shape index (κ1) is 14.2. The van der Waals surface area contributed by atoms with Gasteiger partial charge in [0.1, 0.15) is 0 Å². The van der Waals surface area contributed by atoms with Crippen LogP contribution < -0.4 is 0 Å². The number of carboxylic acids is 1. The SMILES string of the molecule is CC(O)C(C)OC(C(=O)O)c1ccc(Br)cc1. The van der Waals surface area contributed by atoms with Gasteiger partial charge in [-0.25, -0.2) is 4.79 Å². The fourth-order valence-electron chi connectivity index (χ4n) is 1.25. The van der Waals surface area contributed by atoms with Crippen molar-refractivity contribution in [2.45, 2.75) is 32.2 Å². The maximum atomic E-state index is 11.1. The standard InChI is InChI=1S/C12H15BrO4/c1-7(14)8(2)17-11(12(15)16)9-3-5-10(13)6-4-9/h3-8,11,14H,1-2H3,(H,15,16). The molecule has 1 aromatic rings. The Morgan fingerprint density at radius 2 is 1.82 bits per heavy atom. The van der Waals surface area contributed by atoms with Crippen LogP contribution in [0.5, 0.6) is 0 Å². The van der Waals surface area contributed by atoms with Gasteiger partial charge in [0.15, 0.2) is 6.10 Å². The van der Waals surface area contributed by atoms with Crippen molar-refractivity contribution in [2.24, 2.45) is 0 Å². The monoisotopic (exact) mass is 302 g/mol. The van der Waals surface area contributed by atoms with Gasteiger partial charge in [0.25, 0.3) is 0 Å². The minimum Gasteiger partial charge on any atom is -0.479 e. The first-order valence-electron chi connectivity index (χ1n) is 5.23. The van der Waals surface area contributed by atoms with E-state index in [9.17, 15) is 9.90 Å². The summed E-state index contributed by atoms with van der Waals surface area (Å²) < 4.78 is 6.20. The number of aliphatic carboxylic acids is 1. The number of halogens is 1. The summed E-state index contributed by atoms with van der Waals surface area (Å²) in [6, 6.07) is 6.86. The van der Waals surface area contributed by atoms with Gasteiger partial charge in [0, 0.05) is 4.47 Å². The number of carbonyl (C=O) groups is 1. The van der Waals surface area contributed by atoms with Crippen LogP contribution in [0, 0.1) is 0 Å². The highest BCUT2D eigenvalue weighted by Gasteiger charge is 2.24. The molecular weight excluding hydrogens is 288 g/mol. The Labute approximate surface area is 108 Å². The van der Waals surface area contributed by atoms with Gasteiger partial charge in [-0.2, -0.15) is 0 Å². The van der Waals surface area contributed by atoms with E-state index in [1.165, 1.54) is 0 Å². The van der Waals surface area contributed by atoms with Gasteiger partial charge >= 0.3 is 5.97 Å². The van der Waals surface area contributed by atoms with Crippen LogP contribution in [0.25, 0.3) is 0 Å². The number of aliphatic hydroxyl groups excluding tert-OH is 1. The highest BCUT2D eigenvalue weighted by molar-refractivity contribution is 9.10. The van der Waals surface area contributed by atoms with Gasteiger partial charge in [0.05, 0.1) is 12.2 Å². The summed E-state index contributed by atoms with van der Waals surface area (Å²) in [6.07, 6.45) is -2.32. The van der Waals surface area contributed by atoms with Crippen LogP contribution in [-0.2, 0) is 9.53 Å². The molecule has 94 valence electrons. The van der Waals surface area contributed by atoms with E-state index in [0.717, 1.165) is 4.47 Å². The lowest BCUT2D eigenvalue weighted by Gasteiger charge is -2.21. The lowest BCUT2D eigenvalue weighted by Crippen LogP contribution is -2.28. The van der Waals surface area contributed by atoms with Crippen LogP contribution in [0.1, 0.15) is 25.5 Å². The summed E-state index contributed by atoms with van der Waals surface area (Å²) in [5, 5.41) is 18.4. The van der Waals surface area contributed by atoms with Crippen LogP contribution in [0.3, 0.4) is 0 Å². The maximum Gasteiger partial charge on any atom is 0.337 e. The minimum atomic E-state index is -1.07. The molecule has 0 saturated heterocycles. The topological polar surface area (TPSA) is 66.8 Å². The van der Waals surface area contributed by atoms with E-state index in [1.54, 1.807) is 38.1 Å². The first-order chi connectivity index (χ1) is 7.91. The predicted molar refractivity (Wildman–Crippen MR) is 66.7 cm³/mol. The molecule has 0 saturated carbocycles. The van der Waals surface area contributed by atoms with E-state index >= 15 is 0 Å². The van der Waals surface area contributed by atoms with Gasteiger partial charge in [-0.1, -0.05) is 28.1 Å². The predicted octanol–water partition coefficient (Wildman–Crippen LogP) is 2.36. The smallest absolute Gasteiger partial charge is 0.337 e. The Bertz CT molecular complexity index is 375. The highest BCUT2D eigenvalue weighted by atomic mass is 79.9. The van der Waals surface area contributed by atoms with Crippen LogP contribution in [0.4, 0.5) is 0 Å². The Morgan fingerprint density at radius 3 is 2.24 bits per heavy atom. The number of hydrogen-bond acceptors (Lipinski definition) is 3. The molecule has 0 aromatic heterocycles. The lowest BCUT2D eigenvalue weighted by atomic mass is 10.1. The van der Waals surface area contributed by atoms with Crippen molar-refractivity contribution < 1.29 is 19.7 Å². The van der Waals surface area contributed by atoms with Crippen LogP contribution in [0.2, 0.25) is 0 Å². The zero-order valence-corrected chi connectivity index (χ0v) is 11.2. The number of aliphatic hydroxyl groups is 1. The van der Waals surface area contributed by atoms with Crippen LogP contribution in [-0.4, -0.2) is 28.4 Å². The fraction of sp³-hybridized carbons (Fsp3) is 0.417. The molecule has 1 rings (SSSR count). The molecule has 0 aliphatic rings. The number of hydrogen-bond donors (Lipinski definition) is 2. The zero-order valence-electron chi connectivity index (χ0n) is 9.63. The van der Waals surface area contributed by atoms with Crippen molar-refractivity contribution in [3.05, 3.63) is 34.3 Å². The molecule has 0 spiro atoms. The molecule has 3 unspecified atom stereocenters. The number of benzene rings is 1. The molecule has 0 aliphatic carbocycles. The minimum absolute atomic E-state index is 0.542. The van der Waals surface area contributed by atoms with Crippen molar-refractivity contribution in [3.8, 4) is 0 Å². The molecule has 2 N–H and O–H groups in total. The van der Waals surface area contributed by atoms with Crippen LogP contribution in [0.15, 0.2) is 28.7 Å². The second-order valence-corrected chi connectivity index (χ2v) is 4.77.